The van der Waals surface area contributed by atoms with E-state index in [4.69, 9.17) is 23.2 Å². The summed E-state index contributed by atoms with van der Waals surface area (Å²) in [4.78, 5) is 28.6. The lowest BCUT2D eigenvalue weighted by atomic mass is 10.1. The summed E-state index contributed by atoms with van der Waals surface area (Å²) in [5.41, 5.74) is 2.87. The fourth-order valence-corrected chi connectivity index (χ4v) is 5.76. The van der Waals surface area contributed by atoms with E-state index in [0.29, 0.717) is 21.3 Å². The van der Waals surface area contributed by atoms with Gasteiger partial charge in [0, 0.05) is 12.6 Å². The molecule has 1 N–H and O–H groups in total. The third kappa shape index (κ3) is 7.56. The van der Waals surface area contributed by atoms with Crippen molar-refractivity contribution in [3.63, 3.8) is 0 Å². The normalized spacial score (nSPS) is 12.9. The van der Waals surface area contributed by atoms with Gasteiger partial charge in [-0.3, -0.25) is 13.9 Å². The number of sulfonamides is 1. The van der Waals surface area contributed by atoms with Crippen LogP contribution in [0.2, 0.25) is 10.0 Å². The van der Waals surface area contributed by atoms with Crippen molar-refractivity contribution >= 4 is 50.7 Å². The number of rotatable bonds is 11. The van der Waals surface area contributed by atoms with Crippen molar-refractivity contribution in [3.8, 4) is 0 Å². The number of carbonyl (C=O) groups is 2. The first-order valence-electron chi connectivity index (χ1n) is 13.0. The molecule has 10 heteroatoms. The van der Waals surface area contributed by atoms with E-state index in [-0.39, 0.29) is 23.4 Å². The van der Waals surface area contributed by atoms with Crippen molar-refractivity contribution in [2.24, 2.45) is 0 Å². The molecule has 2 amide bonds. The Morgan fingerprint density at radius 3 is 2.17 bits per heavy atom. The molecule has 3 aromatic carbocycles. The van der Waals surface area contributed by atoms with Crippen LogP contribution in [0.4, 0.5) is 5.69 Å². The molecule has 3 aromatic rings. The van der Waals surface area contributed by atoms with Crippen molar-refractivity contribution in [2.75, 3.05) is 10.8 Å². The molecule has 0 saturated carbocycles. The van der Waals surface area contributed by atoms with Gasteiger partial charge in [0.05, 0.1) is 20.6 Å². The van der Waals surface area contributed by atoms with E-state index in [0.717, 1.165) is 21.9 Å². The highest BCUT2D eigenvalue weighted by Gasteiger charge is 2.33. The quantitative estimate of drug-likeness (QED) is 0.285. The van der Waals surface area contributed by atoms with Crippen LogP contribution < -0.4 is 9.62 Å². The molecule has 214 valence electrons. The third-order valence-corrected chi connectivity index (χ3v) is 9.42. The molecule has 0 aromatic heterocycles. The lowest BCUT2D eigenvalue weighted by molar-refractivity contribution is -0.139. The number of nitrogens with one attached hydrogen (secondary N) is 1. The second kappa shape index (κ2) is 13.5. The Bertz CT molecular complexity index is 1470. The number of aryl methyl sites for hydroxylation is 2. The van der Waals surface area contributed by atoms with Gasteiger partial charge in [-0.2, -0.15) is 0 Å². The molecule has 0 fully saturated rings. The van der Waals surface area contributed by atoms with Crippen LogP contribution in [0.3, 0.4) is 0 Å². The highest BCUT2D eigenvalue weighted by Crippen LogP contribution is 2.27. The molecule has 0 radical (unpaired) electrons. The lowest BCUT2D eigenvalue weighted by Crippen LogP contribution is -2.52. The number of anilines is 1. The molecule has 7 nitrogen and oxygen atoms in total. The van der Waals surface area contributed by atoms with E-state index in [2.05, 4.69) is 5.32 Å². The number of amides is 2. The lowest BCUT2D eigenvalue weighted by Gasteiger charge is -2.32. The molecule has 0 saturated heterocycles. The van der Waals surface area contributed by atoms with E-state index >= 15 is 0 Å². The van der Waals surface area contributed by atoms with E-state index < -0.39 is 28.5 Å². The minimum atomic E-state index is -4.12. The zero-order chi connectivity index (χ0) is 29.6. The van der Waals surface area contributed by atoms with Crippen molar-refractivity contribution in [1.29, 1.82) is 0 Å². The van der Waals surface area contributed by atoms with Gasteiger partial charge in [-0.05, 0) is 87.2 Å². The monoisotopic (exact) mass is 603 g/mol. The van der Waals surface area contributed by atoms with Gasteiger partial charge in [0.1, 0.15) is 12.6 Å². The van der Waals surface area contributed by atoms with E-state index in [9.17, 15) is 18.0 Å². The van der Waals surface area contributed by atoms with Crippen molar-refractivity contribution in [3.05, 3.63) is 93.5 Å². The topological polar surface area (TPSA) is 86.8 Å². The Kier molecular flexibility index (Phi) is 10.6. The maximum absolute atomic E-state index is 14.0. The summed E-state index contributed by atoms with van der Waals surface area (Å²) in [6.45, 7) is 8.77. The molecule has 0 spiro atoms. The summed E-state index contributed by atoms with van der Waals surface area (Å²) in [5, 5.41) is 3.59. The zero-order valence-electron chi connectivity index (χ0n) is 23.3. The summed E-state index contributed by atoms with van der Waals surface area (Å²) in [7, 11) is -4.12. The molecule has 0 unspecified atom stereocenters. The van der Waals surface area contributed by atoms with Crippen molar-refractivity contribution in [1.82, 2.24) is 10.2 Å². The van der Waals surface area contributed by atoms with Crippen LogP contribution >= 0.6 is 23.2 Å². The Morgan fingerprint density at radius 2 is 1.57 bits per heavy atom. The molecule has 2 atom stereocenters. The van der Waals surface area contributed by atoms with Crippen LogP contribution in [0.25, 0.3) is 0 Å². The average Bonchev–Trinajstić information content (AvgIpc) is 2.93. The van der Waals surface area contributed by atoms with Gasteiger partial charge < -0.3 is 10.2 Å². The SMILES string of the molecule is CC[C@@H](C)NC(=O)[C@@H](C)N(Cc1ccc(Cl)c(Cl)c1)C(=O)CN(c1ccc(C)c(C)c1)S(=O)(=O)c1ccccc1. The fraction of sp³-hybridized carbons (Fsp3) is 0.333. The first kappa shape index (κ1) is 31.5. The Balaban J connectivity index is 2.05. The molecule has 0 heterocycles. The van der Waals surface area contributed by atoms with Gasteiger partial charge in [-0.25, -0.2) is 8.42 Å². The minimum absolute atomic E-state index is 0.0248. The fourth-order valence-electron chi connectivity index (χ4n) is 4.01. The van der Waals surface area contributed by atoms with Crippen LogP contribution in [0.5, 0.6) is 0 Å². The first-order chi connectivity index (χ1) is 18.8. The zero-order valence-corrected chi connectivity index (χ0v) is 25.6. The molecule has 0 bridgehead atoms. The standard InChI is InChI=1S/C30H35Cl2N3O4S/c1-6-22(4)33-30(37)23(5)34(18-24-13-15-27(31)28(32)17-24)29(36)19-35(25-14-12-20(2)21(3)16-25)40(38,39)26-10-8-7-9-11-26/h7-17,22-23H,6,18-19H2,1-5H3,(H,33,37)/t22-,23-/m1/s1. The van der Waals surface area contributed by atoms with Gasteiger partial charge >= 0.3 is 0 Å². The molecule has 0 aliphatic carbocycles. The van der Waals surface area contributed by atoms with Crippen LogP contribution in [-0.2, 0) is 26.2 Å². The average molecular weight is 605 g/mol. The summed E-state index contributed by atoms with van der Waals surface area (Å²) in [5.74, 6) is -0.887. The first-order valence-corrected chi connectivity index (χ1v) is 15.2. The molecule has 0 aliphatic heterocycles. The number of benzene rings is 3. The predicted molar refractivity (Wildman–Crippen MR) is 161 cm³/mol. The van der Waals surface area contributed by atoms with Crippen LogP contribution in [0.1, 0.15) is 43.9 Å². The number of nitrogens with zero attached hydrogens (tertiary/aromatic N) is 2. The highest BCUT2D eigenvalue weighted by molar-refractivity contribution is 7.92. The van der Waals surface area contributed by atoms with Crippen LogP contribution in [-0.4, -0.2) is 43.8 Å². The number of hydrogen-bond acceptors (Lipinski definition) is 4. The summed E-state index contributed by atoms with van der Waals surface area (Å²) >= 11 is 12.3. The maximum Gasteiger partial charge on any atom is 0.264 e. The van der Waals surface area contributed by atoms with Crippen LogP contribution in [0.15, 0.2) is 71.6 Å². The summed E-state index contributed by atoms with van der Waals surface area (Å²) < 4.78 is 28.8. The van der Waals surface area contributed by atoms with Crippen molar-refractivity contribution in [2.45, 2.75) is 64.6 Å². The van der Waals surface area contributed by atoms with Gasteiger partial charge in [0.15, 0.2) is 0 Å². The Morgan fingerprint density at radius 1 is 0.900 bits per heavy atom. The Hall–Kier alpha value is -3.07. The minimum Gasteiger partial charge on any atom is -0.352 e. The molecular weight excluding hydrogens is 569 g/mol. The molecule has 3 rings (SSSR count). The summed E-state index contributed by atoms with van der Waals surface area (Å²) in [6, 6.07) is 17.2. The number of hydrogen-bond donors (Lipinski definition) is 1. The largest absolute Gasteiger partial charge is 0.352 e. The Labute approximate surface area is 247 Å². The van der Waals surface area contributed by atoms with Gasteiger partial charge in [-0.1, -0.05) is 60.5 Å². The van der Waals surface area contributed by atoms with Gasteiger partial charge in [0.2, 0.25) is 11.8 Å². The van der Waals surface area contributed by atoms with Gasteiger partial charge in [0.25, 0.3) is 10.0 Å². The van der Waals surface area contributed by atoms with E-state index in [1.807, 2.05) is 33.8 Å². The smallest absolute Gasteiger partial charge is 0.264 e. The molecule has 0 aliphatic rings. The second-order valence-electron chi connectivity index (χ2n) is 9.86. The second-order valence-corrected chi connectivity index (χ2v) is 12.5. The van der Waals surface area contributed by atoms with Gasteiger partial charge in [-0.15, -0.1) is 0 Å². The van der Waals surface area contributed by atoms with E-state index in [1.165, 1.54) is 17.0 Å². The number of halogens is 2. The maximum atomic E-state index is 14.0. The van der Waals surface area contributed by atoms with Crippen molar-refractivity contribution < 1.29 is 18.0 Å². The molecule has 40 heavy (non-hydrogen) atoms. The summed E-state index contributed by atoms with van der Waals surface area (Å²) in [6.07, 6.45) is 0.717. The van der Waals surface area contributed by atoms with Crippen LogP contribution in [0, 0.1) is 13.8 Å². The van der Waals surface area contributed by atoms with E-state index in [1.54, 1.807) is 55.5 Å². The number of carbonyl (C=O) groups excluding carboxylic acids is 2. The highest BCUT2D eigenvalue weighted by atomic mass is 35.5. The molecular formula is C30H35Cl2N3O4S. The predicted octanol–water partition coefficient (Wildman–Crippen LogP) is 6.14. The third-order valence-electron chi connectivity index (χ3n) is 6.89.